The van der Waals surface area contributed by atoms with Crippen LogP contribution in [0.1, 0.15) is 40.3 Å². The van der Waals surface area contributed by atoms with Crippen molar-refractivity contribution < 1.29 is 14.3 Å². The number of piperidine rings is 1. The number of carbonyl (C=O) groups excluding carboxylic acids is 2. The maximum atomic E-state index is 13.0. The van der Waals surface area contributed by atoms with Crippen molar-refractivity contribution in [1.29, 1.82) is 0 Å². The second kappa shape index (κ2) is 6.47. The zero-order valence-corrected chi connectivity index (χ0v) is 18.0. The molecule has 2 aliphatic rings. The highest BCUT2D eigenvalue weighted by Crippen LogP contribution is 2.52. The van der Waals surface area contributed by atoms with Gasteiger partial charge in [-0.3, -0.25) is 9.48 Å². The van der Waals surface area contributed by atoms with Crippen molar-refractivity contribution in [2.75, 3.05) is 13.1 Å². The summed E-state index contributed by atoms with van der Waals surface area (Å²) in [5.74, 6) is 0.448. The zero-order valence-electron chi connectivity index (χ0n) is 18.0. The maximum Gasteiger partial charge on any atom is 0.410 e. The quantitative estimate of drug-likeness (QED) is 0.862. The number of carbonyl (C=O) groups is 2. The van der Waals surface area contributed by atoms with Gasteiger partial charge < -0.3 is 15.0 Å². The average molecular weight is 399 g/mol. The van der Waals surface area contributed by atoms with Gasteiger partial charge in [-0.25, -0.2) is 4.79 Å². The summed E-state index contributed by atoms with van der Waals surface area (Å²) in [5, 5.41) is 8.92. The summed E-state index contributed by atoms with van der Waals surface area (Å²) in [7, 11) is 1.92. The fourth-order valence-electron chi connectivity index (χ4n) is 4.52. The topological polar surface area (TPSA) is 76.5 Å². The van der Waals surface area contributed by atoms with Crippen molar-refractivity contribution in [2.24, 2.45) is 24.8 Å². The Balaban J connectivity index is 1.41. The van der Waals surface area contributed by atoms with Crippen LogP contribution < -0.4 is 5.32 Å². The number of amides is 2. The third kappa shape index (κ3) is 3.58. The number of ether oxygens (including phenoxy) is 1. The number of aryl methyl sites for hydroxylation is 1. The lowest BCUT2D eigenvalue weighted by Crippen LogP contribution is -2.44. The Labute approximate surface area is 171 Å². The molecule has 2 amide bonds. The Hall–Kier alpha value is -2.57. The molecular weight excluding hydrogens is 368 g/mol. The number of hydrogen-bond donors (Lipinski definition) is 1. The molecule has 1 saturated carbocycles. The normalized spacial score (nSPS) is 23.8. The summed E-state index contributed by atoms with van der Waals surface area (Å²) in [6.07, 6.45) is -0.288. The number of benzene rings is 1. The minimum Gasteiger partial charge on any atom is -0.444 e. The number of fused-ring (bicyclic) bond motifs is 2. The molecule has 2 fully saturated rings. The van der Waals surface area contributed by atoms with Crippen molar-refractivity contribution in [1.82, 2.24) is 20.0 Å². The SMILES string of the molecule is Cn1nc(C(C)(C)NC(=O)C2C3CN(C(=O)OC(C)(C)C)CC32)c2ccccc21. The van der Waals surface area contributed by atoms with Gasteiger partial charge >= 0.3 is 6.09 Å². The largest absolute Gasteiger partial charge is 0.444 e. The van der Waals surface area contributed by atoms with E-state index in [0.717, 1.165) is 16.6 Å². The second-order valence-electron chi connectivity index (χ2n) is 9.84. The number of aromatic nitrogens is 2. The van der Waals surface area contributed by atoms with Gasteiger partial charge in [0.15, 0.2) is 0 Å². The first kappa shape index (κ1) is 19.7. The molecule has 2 atom stereocenters. The van der Waals surface area contributed by atoms with Crippen LogP contribution in [0.3, 0.4) is 0 Å². The average Bonchev–Trinajstić information content (AvgIpc) is 2.95. The Morgan fingerprint density at radius 1 is 1.10 bits per heavy atom. The standard InChI is InChI=1S/C22H30N4O3/c1-21(2,3)29-20(28)26-11-14-15(12-26)17(14)19(27)23-22(4,5)18-13-9-7-8-10-16(13)25(6)24-18/h7-10,14-15,17H,11-12H2,1-6H3,(H,23,27). The van der Waals surface area contributed by atoms with Crippen molar-refractivity contribution >= 4 is 22.9 Å². The summed E-state index contributed by atoms with van der Waals surface area (Å²) >= 11 is 0. The van der Waals surface area contributed by atoms with Gasteiger partial charge in [-0.2, -0.15) is 5.10 Å². The van der Waals surface area contributed by atoms with Crippen LogP contribution in [-0.2, 0) is 22.1 Å². The number of nitrogens with one attached hydrogen (secondary N) is 1. The minimum atomic E-state index is -0.584. The van der Waals surface area contributed by atoms with E-state index in [4.69, 9.17) is 4.74 Å². The molecule has 2 aromatic rings. The van der Waals surface area contributed by atoms with Crippen molar-refractivity contribution in [3.8, 4) is 0 Å². The molecule has 1 aliphatic carbocycles. The van der Waals surface area contributed by atoms with E-state index in [1.807, 2.05) is 70.6 Å². The lowest BCUT2D eigenvalue weighted by molar-refractivity contribution is -0.125. The highest BCUT2D eigenvalue weighted by atomic mass is 16.6. The Morgan fingerprint density at radius 3 is 2.34 bits per heavy atom. The fourth-order valence-corrected chi connectivity index (χ4v) is 4.52. The second-order valence-corrected chi connectivity index (χ2v) is 9.84. The van der Waals surface area contributed by atoms with Crippen molar-refractivity contribution in [3.05, 3.63) is 30.0 Å². The summed E-state index contributed by atoms with van der Waals surface area (Å²) in [4.78, 5) is 26.9. The number of rotatable bonds is 3. The molecule has 29 heavy (non-hydrogen) atoms. The first-order valence-corrected chi connectivity index (χ1v) is 10.2. The Kier molecular flexibility index (Phi) is 4.40. The molecule has 2 unspecified atom stereocenters. The molecule has 0 radical (unpaired) electrons. The third-order valence-electron chi connectivity index (χ3n) is 5.93. The van der Waals surface area contributed by atoms with Gasteiger partial charge in [0.05, 0.1) is 16.7 Å². The van der Waals surface area contributed by atoms with Gasteiger partial charge in [-0.1, -0.05) is 18.2 Å². The van der Waals surface area contributed by atoms with E-state index in [0.29, 0.717) is 13.1 Å². The number of nitrogens with zero attached hydrogens (tertiary/aromatic N) is 3. The van der Waals surface area contributed by atoms with Crippen molar-refractivity contribution in [3.63, 3.8) is 0 Å². The maximum absolute atomic E-state index is 13.0. The van der Waals surface area contributed by atoms with Gasteiger partial charge in [0.25, 0.3) is 0 Å². The molecule has 4 rings (SSSR count). The van der Waals surface area contributed by atoms with Crippen LogP contribution in [0.4, 0.5) is 4.79 Å². The van der Waals surface area contributed by atoms with E-state index in [9.17, 15) is 9.59 Å². The van der Waals surface area contributed by atoms with Crippen LogP contribution in [0.25, 0.3) is 10.9 Å². The number of hydrogen-bond acceptors (Lipinski definition) is 4. The molecular formula is C22H30N4O3. The van der Waals surface area contributed by atoms with Gasteiger partial charge in [0.2, 0.25) is 5.91 Å². The molecule has 7 heteroatoms. The van der Waals surface area contributed by atoms with E-state index in [-0.39, 0.29) is 29.8 Å². The molecule has 1 aliphatic heterocycles. The number of likely N-dealkylation sites (tertiary alicyclic amines) is 1. The van der Waals surface area contributed by atoms with E-state index in [2.05, 4.69) is 10.4 Å². The van der Waals surface area contributed by atoms with E-state index >= 15 is 0 Å². The summed E-state index contributed by atoms with van der Waals surface area (Å²) < 4.78 is 7.29. The predicted molar refractivity (Wildman–Crippen MR) is 110 cm³/mol. The van der Waals surface area contributed by atoms with Crippen LogP contribution in [0.5, 0.6) is 0 Å². The molecule has 1 saturated heterocycles. The van der Waals surface area contributed by atoms with Gasteiger partial charge in [-0.15, -0.1) is 0 Å². The Morgan fingerprint density at radius 2 is 1.72 bits per heavy atom. The van der Waals surface area contributed by atoms with Crippen LogP contribution in [0.2, 0.25) is 0 Å². The Bertz CT molecular complexity index is 960. The molecule has 156 valence electrons. The zero-order chi connectivity index (χ0) is 21.1. The first-order chi connectivity index (χ1) is 13.5. The summed E-state index contributed by atoms with van der Waals surface area (Å²) in [6.45, 7) is 10.7. The molecule has 1 aromatic carbocycles. The number of para-hydroxylation sites is 1. The summed E-state index contributed by atoms with van der Waals surface area (Å²) in [5.41, 5.74) is 0.821. The highest BCUT2D eigenvalue weighted by Gasteiger charge is 2.61. The smallest absolute Gasteiger partial charge is 0.410 e. The third-order valence-corrected chi connectivity index (χ3v) is 5.93. The summed E-state index contributed by atoms with van der Waals surface area (Å²) in [6, 6.07) is 8.04. The van der Waals surface area contributed by atoms with Gasteiger partial charge in [-0.05, 0) is 52.5 Å². The molecule has 1 N–H and O–H groups in total. The van der Waals surface area contributed by atoms with Crippen molar-refractivity contribution in [2.45, 2.75) is 45.8 Å². The monoisotopic (exact) mass is 398 g/mol. The first-order valence-electron chi connectivity index (χ1n) is 10.2. The lowest BCUT2D eigenvalue weighted by atomic mass is 9.96. The molecule has 7 nitrogen and oxygen atoms in total. The van der Waals surface area contributed by atoms with E-state index < -0.39 is 11.1 Å². The van der Waals surface area contributed by atoms with Crippen LogP contribution >= 0.6 is 0 Å². The molecule has 0 bridgehead atoms. The molecule has 2 heterocycles. The van der Waals surface area contributed by atoms with E-state index in [1.165, 1.54) is 0 Å². The van der Waals surface area contributed by atoms with Gasteiger partial charge in [0.1, 0.15) is 5.60 Å². The van der Waals surface area contributed by atoms with Crippen LogP contribution in [0, 0.1) is 17.8 Å². The lowest BCUT2D eigenvalue weighted by Gasteiger charge is -2.27. The molecule has 1 aromatic heterocycles. The van der Waals surface area contributed by atoms with Gasteiger partial charge in [0, 0.05) is 31.4 Å². The minimum absolute atomic E-state index is 0.0389. The molecule has 0 spiro atoms. The van der Waals surface area contributed by atoms with Crippen LogP contribution in [0.15, 0.2) is 24.3 Å². The highest BCUT2D eigenvalue weighted by molar-refractivity contribution is 5.86. The fraction of sp³-hybridized carbons (Fsp3) is 0.591. The predicted octanol–water partition coefficient (Wildman–Crippen LogP) is 3.04. The van der Waals surface area contributed by atoms with Crippen LogP contribution in [-0.4, -0.2) is 45.4 Å². The van der Waals surface area contributed by atoms with E-state index in [1.54, 1.807) is 4.90 Å².